The third-order valence-electron chi connectivity index (χ3n) is 2.31. The molecule has 2 aromatic rings. The highest BCUT2D eigenvalue weighted by molar-refractivity contribution is 5.33. The number of para-hydroxylation sites is 1. The van der Waals surface area contributed by atoms with Crippen molar-refractivity contribution in [2.75, 3.05) is 13.5 Å². The van der Waals surface area contributed by atoms with E-state index in [4.69, 9.17) is 22.6 Å². The van der Waals surface area contributed by atoms with Crippen LogP contribution in [0.5, 0.6) is 5.75 Å². The molecule has 2 rings (SSSR count). The lowest BCUT2D eigenvalue weighted by molar-refractivity contribution is 0.193. The molecule has 0 aliphatic carbocycles. The van der Waals surface area contributed by atoms with Crippen molar-refractivity contribution in [3.05, 3.63) is 65.5 Å². The minimum absolute atomic E-state index is 0.0521. The summed E-state index contributed by atoms with van der Waals surface area (Å²) in [6.07, 6.45) is -2.99. The number of ether oxygens (including phenoxy) is 1. The Kier molecular flexibility index (Phi) is 1.70. The van der Waals surface area contributed by atoms with Gasteiger partial charge in [-0.25, -0.2) is 0 Å². The molecular weight excluding hydrogens is 234 g/mol. The zero-order valence-corrected chi connectivity index (χ0v) is 10.3. The summed E-state index contributed by atoms with van der Waals surface area (Å²) in [6.45, 7) is -1.63. The predicted molar refractivity (Wildman–Crippen MR) is 79.5 cm³/mol. The molecule has 0 aliphatic rings. The van der Waals surface area contributed by atoms with E-state index in [-0.39, 0.29) is 12.1 Å². The molecule has 0 radical (unpaired) electrons. The summed E-state index contributed by atoms with van der Waals surface area (Å²) < 4.78 is 108. The van der Waals surface area contributed by atoms with Crippen LogP contribution >= 0.6 is 0 Å². The molecule has 1 N–H and O–H groups in total. The van der Waals surface area contributed by atoms with E-state index < -0.39 is 85.2 Å². The lowest BCUT2D eigenvalue weighted by Crippen LogP contribution is -2.16. The van der Waals surface area contributed by atoms with Crippen molar-refractivity contribution in [1.82, 2.24) is 5.32 Å². The first-order chi connectivity index (χ1) is 14.5. The Hall–Kier alpha value is -1.80. The van der Waals surface area contributed by atoms with Gasteiger partial charge < -0.3 is 10.1 Å². The largest absolute Gasteiger partial charge is 0.485 e. The van der Waals surface area contributed by atoms with Crippen LogP contribution in [0.15, 0.2) is 54.4 Å². The third kappa shape index (κ3) is 3.83. The molecule has 0 fully saturated rings. The molecule has 0 saturated carbocycles. The molecule has 1 unspecified atom stereocenters. The molecule has 2 nitrogen and oxygen atoms in total. The van der Waals surface area contributed by atoms with Gasteiger partial charge in [-0.05, 0) is 37.6 Å². The van der Waals surface area contributed by atoms with Crippen molar-refractivity contribution >= 4 is 0 Å². The standard InChI is InChI=1S/C17H21NO/c1-14-8-6-7-11-16(14)19-17(12-13-18-2)15-9-4-3-5-10-15/h3-11,17-18H,12-13H2,1-2H3/i2D3,3D,4D,5D,6D,7D,8D,9D,10D,11D,17D. The minimum atomic E-state index is -2.58. The topological polar surface area (TPSA) is 21.3 Å². The van der Waals surface area contributed by atoms with Crippen LogP contribution in [-0.4, -0.2) is 13.5 Å². The van der Waals surface area contributed by atoms with Crippen molar-refractivity contribution in [2.45, 2.75) is 19.4 Å². The summed E-state index contributed by atoms with van der Waals surface area (Å²) in [6, 6.07) is -5.82. The number of hydrogen-bond acceptors (Lipinski definition) is 2. The van der Waals surface area contributed by atoms with Gasteiger partial charge in [-0.15, -0.1) is 0 Å². The van der Waals surface area contributed by atoms with Gasteiger partial charge in [0.1, 0.15) is 11.8 Å². The molecule has 100 valence electrons. The Balaban J connectivity index is 2.74. The van der Waals surface area contributed by atoms with Gasteiger partial charge in [-0.2, -0.15) is 0 Å². The maximum atomic E-state index is 8.87. The molecule has 0 bridgehead atoms. The van der Waals surface area contributed by atoms with Crippen LogP contribution in [0.1, 0.15) is 41.4 Å². The van der Waals surface area contributed by atoms with E-state index in [0.717, 1.165) is 0 Å². The zero-order valence-electron chi connectivity index (χ0n) is 23.3. The molecule has 2 aromatic carbocycles. The van der Waals surface area contributed by atoms with E-state index in [2.05, 4.69) is 5.32 Å². The Morgan fingerprint density at radius 3 is 2.74 bits per heavy atom. The molecule has 2 heteroatoms. The second-order valence-corrected chi connectivity index (χ2v) is 3.66. The van der Waals surface area contributed by atoms with Gasteiger partial charge in [0.2, 0.25) is 0 Å². The summed E-state index contributed by atoms with van der Waals surface area (Å²) in [4.78, 5) is 0. The molecule has 0 heterocycles. The predicted octanol–water partition coefficient (Wildman–Crippen LogP) is 3.72. The highest BCUT2D eigenvalue weighted by Crippen LogP contribution is 2.26. The summed E-state index contributed by atoms with van der Waals surface area (Å²) in [5.41, 5.74) is -0.633. The fourth-order valence-electron chi connectivity index (χ4n) is 1.38. The van der Waals surface area contributed by atoms with Gasteiger partial charge >= 0.3 is 0 Å². The van der Waals surface area contributed by atoms with Crippen LogP contribution in [-0.2, 0) is 0 Å². The van der Waals surface area contributed by atoms with Gasteiger partial charge in [-0.3, -0.25) is 0 Å². The van der Waals surface area contributed by atoms with Crippen LogP contribution in [0.25, 0.3) is 0 Å². The molecule has 0 spiro atoms. The van der Waals surface area contributed by atoms with Gasteiger partial charge in [0.25, 0.3) is 0 Å². The Morgan fingerprint density at radius 1 is 1.21 bits per heavy atom. The quantitative estimate of drug-likeness (QED) is 0.862. The second-order valence-electron chi connectivity index (χ2n) is 3.66. The van der Waals surface area contributed by atoms with E-state index in [0.29, 0.717) is 0 Å². The van der Waals surface area contributed by atoms with Crippen molar-refractivity contribution in [2.24, 2.45) is 0 Å². The number of rotatable bonds is 6. The molecule has 0 amide bonds. The highest BCUT2D eigenvalue weighted by Gasteiger charge is 2.13. The Morgan fingerprint density at radius 2 is 1.95 bits per heavy atom. The molecule has 1 atom stereocenters. The van der Waals surface area contributed by atoms with E-state index in [1.165, 1.54) is 6.92 Å². The first kappa shape index (κ1) is 4.64. The maximum absolute atomic E-state index is 8.87. The summed E-state index contributed by atoms with van der Waals surface area (Å²) in [5.74, 6) is -0.438. The van der Waals surface area contributed by atoms with Gasteiger partial charge in [-0.1, -0.05) is 48.3 Å². The van der Waals surface area contributed by atoms with Crippen molar-refractivity contribution in [3.8, 4) is 5.75 Å². The molecule has 19 heavy (non-hydrogen) atoms. The third-order valence-corrected chi connectivity index (χ3v) is 2.31. The van der Waals surface area contributed by atoms with Crippen molar-refractivity contribution in [3.63, 3.8) is 0 Å². The maximum Gasteiger partial charge on any atom is 0.125 e. The highest BCUT2D eigenvalue weighted by atomic mass is 16.5. The van der Waals surface area contributed by atoms with Crippen LogP contribution in [0.4, 0.5) is 0 Å². The molecule has 0 saturated heterocycles. The van der Waals surface area contributed by atoms with Crippen LogP contribution in [0, 0.1) is 6.92 Å². The fraction of sp³-hybridized carbons (Fsp3) is 0.294. The SMILES string of the molecule is [2H]c1c([2H])c([2H])c(C([2H])(CCNC([2H])([2H])[2H])Oc2c([2H])c([2H])c([2H])c([2H])c2C)c([2H])c1[2H]. The lowest BCUT2D eigenvalue weighted by atomic mass is 10.1. The Labute approximate surface area is 133 Å². The number of nitrogens with one attached hydrogen (secondary N) is 1. The van der Waals surface area contributed by atoms with Gasteiger partial charge in [0.05, 0.1) is 13.7 Å². The molecule has 0 aromatic heterocycles. The van der Waals surface area contributed by atoms with Crippen molar-refractivity contribution < 1.29 is 22.6 Å². The average Bonchev–Trinajstić information content (AvgIpc) is 2.70. The Bertz CT molecular complexity index is 994. The monoisotopic (exact) mass is 268 g/mol. The number of benzene rings is 2. The summed E-state index contributed by atoms with van der Waals surface area (Å²) in [7, 11) is 0. The van der Waals surface area contributed by atoms with Crippen LogP contribution in [0.3, 0.4) is 0 Å². The lowest BCUT2D eigenvalue weighted by Gasteiger charge is -2.20. The van der Waals surface area contributed by atoms with Gasteiger partial charge in [0.15, 0.2) is 0 Å². The molecule has 0 aliphatic heterocycles. The average molecular weight is 268 g/mol. The zero-order chi connectivity index (χ0) is 24.8. The van der Waals surface area contributed by atoms with Crippen LogP contribution in [0.2, 0.25) is 0 Å². The van der Waals surface area contributed by atoms with E-state index in [9.17, 15) is 0 Å². The smallest absolute Gasteiger partial charge is 0.125 e. The molecular formula is C17H21NO. The minimum Gasteiger partial charge on any atom is -0.485 e. The second kappa shape index (κ2) is 6.95. The first-order valence-electron chi connectivity index (χ1n) is 12.1. The fourth-order valence-corrected chi connectivity index (χ4v) is 1.38. The van der Waals surface area contributed by atoms with E-state index >= 15 is 0 Å². The van der Waals surface area contributed by atoms with Gasteiger partial charge in [0, 0.05) is 10.5 Å². The van der Waals surface area contributed by atoms with Crippen molar-refractivity contribution in [1.29, 1.82) is 0 Å². The van der Waals surface area contributed by atoms with Crippen LogP contribution < -0.4 is 10.1 Å². The normalized spacial score (nSPS) is 24.2. The first-order valence-corrected chi connectivity index (χ1v) is 5.62. The number of hydrogen-bond donors (Lipinski definition) is 1. The van der Waals surface area contributed by atoms with E-state index in [1.807, 2.05) is 0 Å². The van der Waals surface area contributed by atoms with E-state index in [1.54, 1.807) is 0 Å². The summed E-state index contributed by atoms with van der Waals surface area (Å²) in [5, 5.41) is 2.17. The summed E-state index contributed by atoms with van der Waals surface area (Å²) >= 11 is 0.